The van der Waals surface area contributed by atoms with Crippen LogP contribution in [-0.2, 0) is 0 Å². The molecule has 0 fully saturated rings. The molecule has 3 aromatic heterocycles. The zero-order valence-corrected chi connectivity index (χ0v) is 9.76. The summed E-state index contributed by atoms with van der Waals surface area (Å²) in [6.07, 6.45) is 3.55. The molecular weight excluding hydrogens is 230 g/mol. The summed E-state index contributed by atoms with van der Waals surface area (Å²) in [4.78, 5) is 13.1. The van der Waals surface area contributed by atoms with E-state index < -0.39 is 0 Å². The van der Waals surface area contributed by atoms with E-state index in [0.29, 0.717) is 0 Å². The Labute approximate surface area is 103 Å². The van der Waals surface area contributed by atoms with Gasteiger partial charge in [-0.1, -0.05) is 12.1 Å². The molecule has 0 spiro atoms. The fraction of sp³-hybridized carbons (Fsp3) is 0. The van der Waals surface area contributed by atoms with E-state index in [1.165, 1.54) is 0 Å². The van der Waals surface area contributed by atoms with Gasteiger partial charge in [-0.2, -0.15) is 0 Å². The van der Waals surface area contributed by atoms with Gasteiger partial charge in [0, 0.05) is 17.8 Å². The molecule has 17 heavy (non-hydrogen) atoms. The molecule has 3 aromatic rings. The highest BCUT2D eigenvalue weighted by Gasteiger charge is 2.07. The molecule has 4 heteroatoms. The largest absolute Gasteiger partial charge is 0.255 e. The van der Waals surface area contributed by atoms with Crippen LogP contribution in [0.4, 0.5) is 0 Å². The second kappa shape index (κ2) is 4.43. The van der Waals surface area contributed by atoms with Crippen LogP contribution in [-0.4, -0.2) is 15.0 Å². The molecule has 3 heterocycles. The van der Waals surface area contributed by atoms with Crippen LogP contribution in [0.15, 0.2) is 54.2 Å². The predicted molar refractivity (Wildman–Crippen MR) is 68.6 cm³/mol. The Morgan fingerprint density at radius 2 is 1.47 bits per heavy atom. The Kier molecular flexibility index (Phi) is 2.63. The van der Waals surface area contributed by atoms with Crippen LogP contribution in [0.3, 0.4) is 0 Å². The van der Waals surface area contributed by atoms with Crippen molar-refractivity contribution in [3.8, 4) is 22.1 Å². The monoisotopic (exact) mass is 239 g/mol. The SMILES string of the molecule is c1ccc(-c2csc(-c3ccccn3)n2)nc1. The number of rotatable bonds is 2. The Morgan fingerprint density at radius 1 is 0.765 bits per heavy atom. The van der Waals surface area contributed by atoms with Crippen molar-refractivity contribution >= 4 is 11.3 Å². The highest BCUT2D eigenvalue weighted by Crippen LogP contribution is 2.26. The van der Waals surface area contributed by atoms with Crippen molar-refractivity contribution in [1.29, 1.82) is 0 Å². The van der Waals surface area contributed by atoms with Crippen molar-refractivity contribution in [3.63, 3.8) is 0 Å². The lowest BCUT2D eigenvalue weighted by molar-refractivity contribution is 1.26. The normalized spacial score (nSPS) is 10.4. The fourth-order valence-corrected chi connectivity index (χ4v) is 2.30. The van der Waals surface area contributed by atoms with E-state index in [1.54, 1.807) is 23.7 Å². The highest BCUT2D eigenvalue weighted by atomic mass is 32.1. The standard InChI is InChI=1S/C13H9N3S/c1-3-7-14-10(5-1)12-9-17-13(16-12)11-6-2-4-8-15-11/h1-9H. The summed E-state index contributed by atoms with van der Waals surface area (Å²) in [6, 6.07) is 11.6. The third kappa shape index (κ3) is 2.07. The summed E-state index contributed by atoms with van der Waals surface area (Å²) >= 11 is 1.58. The maximum Gasteiger partial charge on any atom is 0.142 e. The molecule has 0 radical (unpaired) electrons. The fourth-order valence-electron chi connectivity index (χ4n) is 1.51. The van der Waals surface area contributed by atoms with Gasteiger partial charge >= 0.3 is 0 Å². The third-order valence-electron chi connectivity index (χ3n) is 2.32. The molecular formula is C13H9N3S. The number of aromatic nitrogens is 3. The van der Waals surface area contributed by atoms with E-state index in [0.717, 1.165) is 22.1 Å². The molecule has 0 saturated heterocycles. The summed E-state index contributed by atoms with van der Waals surface area (Å²) < 4.78 is 0. The summed E-state index contributed by atoms with van der Waals surface area (Å²) in [6.45, 7) is 0. The number of hydrogen-bond acceptors (Lipinski definition) is 4. The molecule has 0 aromatic carbocycles. The van der Waals surface area contributed by atoms with E-state index in [4.69, 9.17) is 0 Å². The van der Waals surface area contributed by atoms with Gasteiger partial charge in [0.25, 0.3) is 0 Å². The number of hydrogen-bond donors (Lipinski definition) is 0. The lowest BCUT2D eigenvalue weighted by Crippen LogP contribution is -1.83. The average Bonchev–Trinajstić information content (AvgIpc) is 2.90. The maximum absolute atomic E-state index is 4.54. The first kappa shape index (κ1) is 10.1. The van der Waals surface area contributed by atoms with Crippen molar-refractivity contribution in [2.24, 2.45) is 0 Å². The molecule has 0 atom stereocenters. The van der Waals surface area contributed by atoms with Crippen LogP contribution in [0, 0.1) is 0 Å². The molecule has 3 nitrogen and oxygen atoms in total. The van der Waals surface area contributed by atoms with Crippen LogP contribution < -0.4 is 0 Å². The van der Waals surface area contributed by atoms with Crippen LogP contribution >= 0.6 is 11.3 Å². The van der Waals surface area contributed by atoms with E-state index in [9.17, 15) is 0 Å². The minimum atomic E-state index is 0.894. The van der Waals surface area contributed by atoms with Crippen molar-refractivity contribution < 1.29 is 0 Å². The predicted octanol–water partition coefficient (Wildman–Crippen LogP) is 3.27. The average molecular weight is 239 g/mol. The van der Waals surface area contributed by atoms with E-state index in [1.807, 2.05) is 41.8 Å². The molecule has 0 saturated carbocycles. The molecule has 3 rings (SSSR count). The Bertz CT molecular complexity index is 551. The Hall–Kier alpha value is -2.07. The van der Waals surface area contributed by atoms with Gasteiger partial charge in [-0.05, 0) is 24.3 Å². The molecule has 0 aliphatic rings. The van der Waals surface area contributed by atoms with Crippen LogP contribution in [0.2, 0.25) is 0 Å². The first-order chi connectivity index (χ1) is 8.43. The van der Waals surface area contributed by atoms with Gasteiger partial charge in [0.15, 0.2) is 0 Å². The second-order valence-corrected chi connectivity index (χ2v) is 4.33. The summed E-state index contributed by atoms with van der Waals surface area (Å²) in [7, 11) is 0. The molecule has 82 valence electrons. The highest BCUT2D eigenvalue weighted by molar-refractivity contribution is 7.13. The van der Waals surface area contributed by atoms with Crippen molar-refractivity contribution in [3.05, 3.63) is 54.2 Å². The van der Waals surface area contributed by atoms with Gasteiger partial charge in [-0.3, -0.25) is 9.97 Å². The van der Waals surface area contributed by atoms with Gasteiger partial charge in [-0.25, -0.2) is 4.98 Å². The smallest absolute Gasteiger partial charge is 0.142 e. The minimum Gasteiger partial charge on any atom is -0.255 e. The number of pyridine rings is 2. The van der Waals surface area contributed by atoms with Crippen molar-refractivity contribution in [2.75, 3.05) is 0 Å². The molecule has 0 aliphatic heterocycles. The molecule has 0 N–H and O–H groups in total. The number of thiazole rings is 1. The maximum atomic E-state index is 4.54. The summed E-state index contributed by atoms with van der Waals surface area (Å²) in [5, 5.41) is 2.93. The summed E-state index contributed by atoms with van der Waals surface area (Å²) in [5.41, 5.74) is 2.70. The molecule has 0 unspecified atom stereocenters. The first-order valence-corrected chi connectivity index (χ1v) is 6.10. The van der Waals surface area contributed by atoms with Gasteiger partial charge in [0.05, 0.1) is 11.4 Å². The topological polar surface area (TPSA) is 38.7 Å². The summed E-state index contributed by atoms with van der Waals surface area (Å²) in [5.74, 6) is 0. The van der Waals surface area contributed by atoms with Gasteiger partial charge in [0.1, 0.15) is 10.7 Å². The molecule has 0 amide bonds. The first-order valence-electron chi connectivity index (χ1n) is 5.22. The van der Waals surface area contributed by atoms with Crippen LogP contribution in [0.25, 0.3) is 22.1 Å². The minimum absolute atomic E-state index is 0.894. The second-order valence-electron chi connectivity index (χ2n) is 3.47. The zero-order chi connectivity index (χ0) is 11.5. The molecule has 0 bridgehead atoms. The van der Waals surface area contributed by atoms with Gasteiger partial charge < -0.3 is 0 Å². The van der Waals surface area contributed by atoms with E-state index >= 15 is 0 Å². The quantitative estimate of drug-likeness (QED) is 0.689. The Balaban J connectivity index is 1.99. The van der Waals surface area contributed by atoms with Gasteiger partial charge in [-0.15, -0.1) is 11.3 Å². The lowest BCUT2D eigenvalue weighted by Gasteiger charge is -1.94. The van der Waals surface area contributed by atoms with Crippen LogP contribution in [0.5, 0.6) is 0 Å². The van der Waals surface area contributed by atoms with Crippen LogP contribution in [0.1, 0.15) is 0 Å². The van der Waals surface area contributed by atoms with Gasteiger partial charge in [0.2, 0.25) is 0 Å². The van der Waals surface area contributed by atoms with Crippen molar-refractivity contribution in [1.82, 2.24) is 15.0 Å². The van der Waals surface area contributed by atoms with E-state index in [-0.39, 0.29) is 0 Å². The number of nitrogens with zero attached hydrogens (tertiary/aromatic N) is 3. The lowest BCUT2D eigenvalue weighted by atomic mass is 10.3. The molecule has 0 aliphatic carbocycles. The Morgan fingerprint density at radius 3 is 2.12 bits per heavy atom. The zero-order valence-electron chi connectivity index (χ0n) is 8.95. The third-order valence-corrected chi connectivity index (χ3v) is 3.18. The van der Waals surface area contributed by atoms with E-state index in [2.05, 4.69) is 15.0 Å². The van der Waals surface area contributed by atoms with Crippen molar-refractivity contribution in [2.45, 2.75) is 0 Å².